The van der Waals surface area contributed by atoms with Gasteiger partial charge >= 0.3 is 5.97 Å². The summed E-state index contributed by atoms with van der Waals surface area (Å²) in [7, 11) is 0. The van der Waals surface area contributed by atoms with Crippen molar-refractivity contribution in [2.75, 3.05) is 6.61 Å². The Labute approximate surface area is 89.6 Å². The second-order valence-electron chi connectivity index (χ2n) is 4.09. The first-order valence-electron chi connectivity index (χ1n) is 5.40. The van der Waals surface area contributed by atoms with Crippen molar-refractivity contribution in [1.82, 2.24) is 0 Å². The van der Waals surface area contributed by atoms with Crippen LogP contribution < -0.4 is 0 Å². The van der Waals surface area contributed by atoms with Gasteiger partial charge < -0.3 is 14.6 Å². The van der Waals surface area contributed by atoms with Crippen LogP contribution in [0.5, 0.6) is 0 Å². The maximum Gasteiger partial charge on any atom is 0.311 e. The van der Waals surface area contributed by atoms with E-state index in [2.05, 4.69) is 0 Å². The molecule has 4 heteroatoms. The van der Waals surface area contributed by atoms with Gasteiger partial charge in [0.2, 0.25) is 0 Å². The molecular weight excluding hydrogens is 196 g/mol. The number of rotatable bonds is 4. The smallest absolute Gasteiger partial charge is 0.311 e. The summed E-state index contributed by atoms with van der Waals surface area (Å²) < 4.78 is 4.90. The van der Waals surface area contributed by atoms with E-state index in [9.17, 15) is 14.7 Å². The number of carbonyl (C=O) groups excluding carboxylic acids is 2. The molecule has 0 heterocycles. The Morgan fingerprint density at radius 1 is 1.40 bits per heavy atom. The molecule has 0 aromatic heterocycles. The van der Waals surface area contributed by atoms with E-state index in [1.54, 1.807) is 6.92 Å². The van der Waals surface area contributed by atoms with Crippen LogP contribution in [0.2, 0.25) is 0 Å². The average Bonchev–Trinajstić information content (AvgIpc) is 2.46. The molecule has 0 radical (unpaired) electrons. The Morgan fingerprint density at radius 3 is 2.60 bits per heavy atom. The normalized spacial score (nSPS) is 30.2. The van der Waals surface area contributed by atoms with E-state index < -0.39 is 12.0 Å². The molecule has 0 saturated heterocycles. The van der Waals surface area contributed by atoms with Crippen LogP contribution >= 0.6 is 0 Å². The van der Waals surface area contributed by atoms with Gasteiger partial charge in [-0.2, -0.15) is 0 Å². The van der Waals surface area contributed by atoms with Gasteiger partial charge in [0, 0.05) is 6.42 Å². The van der Waals surface area contributed by atoms with Crippen molar-refractivity contribution in [3.63, 3.8) is 0 Å². The highest BCUT2D eigenvalue weighted by molar-refractivity contribution is 5.78. The Balaban J connectivity index is 2.63. The SMILES string of the molecule is CCOC(=O)C1C(O)CCC1CC(C)=O. The summed E-state index contributed by atoms with van der Waals surface area (Å²) >= 11 is 0. The van der Waals surface area contributed by atoms with Gasteiger partial charge in [0.25, 0.3) is 0 Å². The molecule has 1 rings (SSSR count). The first kappa shape index (κ1) is 12.2. The molecular formula is C11H18O4. The number of ketones is 1. The van der Waals surface area contributed by atoms with Gasteiger partial charge in [-0.1, -0.05) is 0 Å². The first-order chi connectivity index (χ1) is 7.06. The van der Waals surface area contributed by atoms with Crippen molar-refractivity contribution in [3.05, 3.63) is 0 Å². The highest BCUT2D eigenvalue weighted by atomic mass is 16.5. The molecule has 0 spiro atoms. The molecule has 1 fully saturated rings. The molecule has 0 aromatic carbocycles. The fourth-order valence-corrected chi connectivity index (χ4v) is 2.24. The zero-order chi connectivity index (χ0) is 11.4. The molecule has 1 aliphatic carbocycles. The number of carbonyl (C=O) groups is 2. The van der Waals surface area contributed by atoms with E-state index in [-0.39, 0.29) is 17.7 Å². The standard InChI is InChI=1S/C11H18O4/c1-3-15-11(14)10-8(6-7(2)12)4-5-9(10)13/h8-10,13H,3-6H2,1-2H3. The molecule has 4 nitrogen and oxygen atoms in total. The lowest BCUT2D eigenvalue weighted by molar-refractivity contribution is -0.152. The minimum Gasteiger partial charge on any atom is -0.466 e. The van der Waals surface area contributed by atoms with E-state index in [1.807, 2.05) is 0 Å². The minimum atomic E-state index is -0.645. The molecule has 0 bridgehead atoms. The van der Waals surface area contributed by atoms with Gasteiger partial charge in [0.15, 0.2) is 0 Å². The van der Waals surface area contributed by atoms with Gasteiger partial charge in [-0.25, -0.2) is 0 Å². The number of hydrogen-bond acceptors (Lipinski definition) is 4. The fourth-order valence-electron chi connectivity index (χ4n) is 2.24. The van der Waals surface area contributed by atoms with Crippen LogP contribution in [0.15, 0.2) is 0 Å². The number of esters is 1. The largest absolute Gasteiger partial charge is 0.466 e. The Bertz CT molecular complexity index is 249. The third-order valence-corrected chi connectivity index (χ3v) is 2.86. The fraction of sp³-hybridized carbons (Fsp3) is 0.818. The Morgan fingerprint density at radius 2 is 2.07 bits per heavy atom. The molecule has 1 saturated carbocycles. The summed E-state index contributed by atoms with van der Waals surface area (Å²) in [5.74, 6) is -0.859. The van der Waals surface area contributed by atoms with E-state index in [0.717, 1.165) is 6.42 Å². The Hall–Kier alpha value is -0.900. The van der Waals surface area contributed by atoms with Crippen molar-refractivity contribution < 1.29 is 19.4 Å². The van der Waals surface area contributed by atoms with Crippen LogP contribution in [-0.2, 0) is 14.3 Å². The summed E-state index contributed by atoms with van der Waals surface area (Å²) in [5, 5.41) is 9.66. The van der Waals surface area contributed by atoms with Crippen molar-refractivity contribution in [3.8, 4) is 0 Å². The van der Waals surface area contributed by atoms with Crippen LogP contribution in [0, 0.1) is 11.8 Å². The summed E-state index contributed by atoms with van der Waals surface area (Å²) in [4.78, 5) is 22.6. The van der Waals surface area contributed by atoms with Crippen LogP contribution in [0.25, 0.3) is 0 Å². The van der Waals surface area contributed by atoms with E-state index in [1.165, 1.54) is 6.92 Å². The van der Waals surface area contributed by atoms with Crippen LogP contribution in [-0.4, -0.2) is 29.6 Å². The Kier molecular flexibility index (Phi) is 4.27. The third-order valence-electron chi connectivity index (χ3n) is 2.86. The second-order valence-corrected chi connectivity index (χ2v) is 4.09. The summed E-state index contributed by atoms with van der Waals surface area (Å²) in [6, 6.07) is 0. The minimum absolute atomic E-state index is 0.0449. The summed E-state index contributed by atoms with van der Waals surface area (Å²) in [5.41, 5.74) is 0. The zero-order valence-corrected chi connectivity index (χ0v) is 9.23. The van der Waals surface area contributed by atoms with Gasteiger partial charge in [-0.05, 0) is 32.6 Å². The number of hydrogen-bond donors (Lipinski definition) is 1. The average molecular weight is 214 g/mol. The lowest BCUT2D eigenvalue weighted by Crippen LogP contribution is -2.30. The zero-order valence-electron chi connectivity index (χ0n) is 9.23. The van der Waals surface area contributed by atoms with E-state index >= 15 is 0 Å². The number of aliphatic hydroxyl groups excluding tert-OH is 1. The van der Waals surface area contributed by atoms with Crippen molar-refractivity contribution in [2.45, 2.75) is 39.2 Å². The number of ether oxygens (including phenoxy) is 1. The molecule has 3 unspecified atom stereocenters. The monoisotopic (exact) mass is 214 g/mol. The molecule has 15 heavy (non-hydrogen) atoms. The third kappa shape index (κ3) is 3.02. The predicted molar refractivity (Wildman–Crippen MR) is 54.2 cm³/mol. The predicted octanol–water partition coefficient (Wildman–Crippen LogP) is 0.916. The van der Waals surface area contributed by atoms with E-state index in [4.69, 9.17) is 4.74 Å². The van der Waals surface area contributed by atoms with Gasteiger partial charge in [0.1, 0.15) is 5.78 Å². The number of Topliss-reactive ketones (excluding diaryl/α,β-unsaturated/α-hetero) is 1. The maximum atomic E-state index is 11.6. The van der Waals surface area contributed by atoms with Crippen molar-refractivity contribution >= 4 is 11.8 Å². The van der Waals surface area contributed by atoms with Crippen LogP contribution in [0.3, 0.4) is 0 Å². The van der Waals surface area contributed by atoms with Crippen molar-refractivity contribution in [1.29, 1.82) is 0 Å². The highest BCUT2D eigenvalue weighted by Gasteiger charge is 2.41. The van der Waals surface area contributed by atoms with Crippen LogP contribution in [0.4, 0.5) is 0 Å². The second kappa shape index (κ2) is 5.26. The van der Waals surface area contributed by atoms with Gasteiger partial charge in [0.05, 0.1) is 18.6 Å². The molecule has 0 aliphatic heterocycles. The molecule has 0 amide bonds. The quantitative estimate of drug-likeness (QED) is 0.707. The molecule has 3 atom stereocenters. The van der Waals surface area contributed by atoms with E-state index in [0.29, 0.717) is 19.4 Å². The lowest BCUT2D eigenvalue weighted by atomic mass is 9.90. The molecule has 86 valence electrons. The molecule has 0 aromatic rings. The van der Waals surface area contributed by atoms with Crippen molar-refractivity contribution in [2.24, 2.45) is 11.8 Å². The summed E-state index contributed by atoms with van der Waals surface area (Å²) in [6.07, 6.45) is 1.03. The highest BCUT2D eigenvalue weighted by Crippen LogP contribution is 2.35. The van der Waals surface area contributed by atoms with Gasteiger partial charge in [-0.15, -0.1) is 0 Å². The molecule has 1 aliphatic rings. The number of aliphatic hydroxyl groups is 1. The topological polar surface area (TPSA) is 63.6 Å². The van der Waals surface area contributed by atoms with Crippen LogP contribution in [0.1, 0.15) is 33.1 Å². The molecule has 1 N–H and O–H groups in total. The summed E-state index contributed by atoms with van der Waals surface area (Å²) in [6.45, 7) is 3.56. The first-order valence-corrected chi connectivity index (χ1v) is 5.40. The lowest BCUT2D eigenvalue weighted by Gasteiger charge is -2.19. The maximum absolute atomic E-state index is 11.6. The van der Waals surface area contributed by atoms with Gasteiger partial charge in [-0.3, -0.25) is 4.79 Å².